The van der Waals surface area contributed by atoms with Crippen LogP contribution >= 0.6 is 23.2 Å². The van der Waals surface area contributed by atoms with E-state index in [0.717, 1.165) is 0 Å². The van der Waals surface area contributed by atoms with E-state index < -0.39 is 0 Å². The summed E-state index contributed by atoms with van der Waals surface area (Å²) in [5.74, 6) is 0.987. The maximum atomic E-state index is 12.3. The number of carbonyl (C=O) groups excluding carboxylic acids is 1. The van der Waals surface area contributed by atoms with Crippen molar-refractivity contribution in [3.63, 3.8) is 0 Å². The van der Waals surface area contributed by atoms with E-state index in [0.29, 0.717) is 39.4 Å². The minimum absolute atomic E-state index is 0.246. The molecule has 3 rings (SSSR count). The summed E-state index contributed by atoms with van der Waals surface area (Å²) in [7, 11) is 0. The van der Waals surface area contributed by atoms with Crippen LogP contribution in [0, 0.1) is 0 Å². The number of tetrazole rings is 1. The zero-order valence-electron chi connectivity index (χ0n) is 13.8. The molecular weight excluding hydrogens is 377 g/mol. The number of halogens is 2. The summed E-state index contributed by atoms with van der Waals surface area (Å²) in [4.78, 5) is 12.3. The predicted octanol–water partition coefficient (Wildman–Crippen LogP) is 3.83. The smallest absolute Gasteiger partial charge is 0.255 e. The van der Waals surface area contributed by atoms with Gasteiger partial charge in [0.2, 0.25) is 0 Å². The molecule has 0 atom stereocenters. The number of aryl methyl sites for hydroxylation is 1. The zero-order chi connectivity index (χ0) is 18.5. The Kier molecular flexibility index (Phi) is 5.70. The summed E-state index contributed by atoms with van der Waals surface area (Å²) in [5.41, 5.74) is 1.05. The van der Waals surface area contributed by atoms with E-state index in [9.17, 15) is 4.79 Å². The van der Waals surface area contributed by atoms with Gasteiger partial charge in [-0.2, -0.15) is 0 Å². The van der Waals surface area contributed by atoms with Crippen LogP contribution in [-0.2, 0) is 13.2 Å². The Bertz CT molecular complexity index is 912. The van der Waals surface area contributed by atoms with Gasteiger partial charge in [-0.15, -0.1) is 5.10 Å². The van der Waals surface area contributed by atoms with E-state index in [-0.39, 0.29) is 12.5 Å². The number of anilines is 1. The second kappa shape index (κ2) is 8.16. The van der Waals surface area contributed by atoms with Gasteiger partial charge in [0.15, 0.2) is 5.82 Å². The van der Waals surface area contributed by atoms with Gasteiger partial charge in [-0.25, -0.2) is 4.68 Å². The maximum absolute atomic E-state index is 12.3. The van der Waals surface area contributed by atoms with Gasteiger partial charge in [0.05, 0.1) is 10.0 Å². The lowest BCUT2D eigenvalue weighted by atomic mass is 10.2. The lowest BCUT2D eigenvalue weighted by Gasteiger charge is -2.08. The molecule has 1 N–H and O–H groups in total. The molecule has 0 unspecified atom stereocenters. The van der Waals surface area contributed by atoms with Gasteiger partial charge in [0.25, 0.3) is 5.91 Å². The number of aromatic nitrogens is 4. The molecule has 0 spiro atoms. The Labute approximate surface area is 159 Å². The van der Waals surface area contributed by atoms with Crippen molar-refractivity contribution in [2.45, 2.75) is 20.1 Å². The van der Waals surface area contributed by atoms with Crippen molar-refractivity contribution >= 4 is 34.8 Å². The Morgan fingerprint density at radius 3 is 2.62 bits per heavy atom. The van der Waals surface area contributed by atoms with E-state index in [1.807, 2.05) is 6.92 Å². The normalized spacial score (nSPS) is 10.6. The van der Waals surface area contributed by atoms with Crippen LogP contribution in [0.4, 0.5) is 5.69 Å². The highest BCUT2D eigenvalue weighted by Crippen LogP contribution is 2.25. The molecule has 0 aliphatic heterocycles. The SMILES string of the molecule is CCn1nnnc1COc1ccc(C(=O)Nc2ccc(Cl)c(Cl)c2)cc1. The molecule has 2 aromatic carbocycles. The number of amides is 1. The molecule has 3 aromatic rings. The van der Waals surface area contributed by atoms with Gasteiger partial charge >= 0.3 is 0 Å². The van der Waals surface area contributed by atoms with Crippen LogP contribution in [-0.4, -0.2) is 26.1 Å². The van der Waals surface area contributed by atoms with Crippen molar-refractivity contribution in [1.82, 2.24) is 20.2 Å². The quantitative estimate of drug-likeness (QED) is 0.690. The third kappa shape index (κ3) is 4.30. The van der Waals surface area contributed by atoms with Gasteiger partial charge in [0.1, 0.15) is 12.4 Å². The first-order valence-corrected chi connectivity index (χ1v) is 8.56. The van der Waals surface area contributed by atoms with Gasteiger partial charge < -0.3 is 10.1 Å². The molecule has 9 heteroatoms. The van der Waals surface area contributed by atoms with E-state index in [1.165, 1.54) is 0 Å². The standard InChI is InChI=1S/C17H15Cl2N5O2/c1-2-24-16(21-22-23-24)10-26-13-6-3-11(4-7-13)17(25)20-12-5-8-14(18)15(19)9-12/h3-9H,2,10H2,1H3,(H,20,25). The molecule has 7 nitrogen and oxygen atoms in total. The fraction of sp³-hybridized carbons (Fsp3) is 0.176. The second-order valence-corrected chi connectivity index (χ2v) is 6.12. The van der Waals surface area contributed by atoms with Crippen LogP contribution in [0.25, 0.3) is 0 Å². The van der Waals surface area contributed by atoms with Crippen molar-refractivity contribution in [2.75, 3.05) is 5.32 Å². The lowest BCUT2D eigenvalue weighted by Crippen LogP contribution is -2.12. The molecule has 1 aromatic heterocycles. The summed E-state index contributed by atoms with van der Waals surface area (Å²) >= 11 is 11.8. The number of hydrogen-bond acceptors (Lipinski definition) is 5. The Morgan fingerprint density at radius 2 is 1.92 bits per heavy atom. The minimum atomic E-state index is -0.259. The van der Waals surface area contributed by atoms with Crippen molar-refractivity contribution in [1.29, 1.82) is 0 Å². The first-order valence-electron chi connectivity index (χ1n) is 7.81. The number of carbonyl (C=O) groups is 1. The number of benzene rings is 2. The monoisotopic (exact) mass is 391 g/mol. The summed E-state index contributed by atoms with van der Waals surface area (Å²) in [6.07, 6.45) is 0. The highest BCUT2D eigenvalue weighted by molar-refractivity contribution is 6.42. The van der Waals surface area contributed by atoms with Crippen LogP contribution in [0.5, 0.6) is 5.75 Å². The van der Waals surface area contributed by atoms with Crippen molar-refractivity contribution in [3.8, 4) is 5.75 Å². The van der Waals surface area contributed by atoms with Crippen molar-refractivity contribution in [2.24, 2.45) is 0 Å². The van der Waals surface area contributed by atoms with Gasteiger partial charge in [-0.05, 0) is 59.8 Å². The third-order valence-corrected chi connectivity index (χ3v) is 4.31. The average molecular weight is 392 g/mol. The largest absolute Gasteiger partial charge is 0.486 e. The summed E-state index contributed by atoms with van der Waals surface area (Å²) in [6.45, 7) is 2.86. The molecule has 134 valence electrons. The predicted molar refractivity (Wildman–Crippen MR) is 98.7 cm³/mol. The Morgan fingerprint density at radius 1 is 1.15 bits per heavy atom. The first-order chi connectivity index (χ1) is 12.6. The fourth-order valence-corrected chi connectivity index (χ4v) is 2.50. The molecule has 1 heterocycles. The Balaban J connectivity index is 1.61. The van der Waals surface area contributed by atoms with Crippen molar-refractivity contribution in [3.05, 3.63) is 63.9 Å². The average Bonchev–Trinajstić information content (AvgIpc) is 3.11. The summed E-state index contributed by atoms with van der Waals surface area (Å²) in [6, 6.07) is 11.7. The molecule has 0 aliphatic rings. The van der Waals surface area contributed by atoms with Gasteiger partial charge in [-0.1, -0.05) is 23.2 Å². The molecule has 1 amide bonds. The first kappa shape index (κ1) is 18.2. The van der Waals surface area contributed by atoms with Crippen LogP contribution in [0.3, 0.4) is 0 Å². The second-order valence-electron chi connectivity index (χ2n) is 5.31. The lowest BCUT2D eigenvalue weighted by molar-refractivity contribution is 0.102. The number of nitrogens with zero attached hydrogens (tertiary/aromatic N) is 4. The molecule has 0 aliphatic carbocycles. The van der Waals surface area contributed by atoms with E-state index in [4.69, 9.17) is 27.9 Å². The highest BCUT2D eigenvalue weighted by Gasteiger charge is 2.09. The third-order valence-electron chi connectivity index (χ3n) is 3.57. The van der Waals surface area contributed by atoms with E-state index in [1.54, 1.807) is 47.1 Å². The highest BCUT2D eigenvalue weighted by atomic mass is 35.5. The van der Waals surface area contributed by atoms with Crippen molar-refractivity contribution < 1.29 is 9.53 Å². The zero-order valence-corrected chi connectivity index (χ0v) is 15.3. The van der Waals surface area contributed by atoms with Gasteiger partial charge in [-0.3, -0.25) is 4.79 Å². The number of hydrogen-bond donors (Lipinski definition) is 1. The van der Waals surface area contributed by atoms with Crippen LogP contribution in [0.2, 0.25) is 10.0 Å². The van der Waals surface area contributed by atoms with Gasteiger partial charge in [0, 0.05) is 17.8 Å². The minimum Gasteiger partial charge on any atom is -0.486 e. The van der Waals surface area contributed by atoms with E-state index >= 15 is 0 Å². The van der Waals surface area contributed by atoms with Crippen LogP contribution in [0.1, 0.15) is 23.1 Å². The molecule has 0 saturated carbocycles. The molecule has 0 radical (unpaired) electrons. The fourth-order valence-electron chi connectivity index (χ4n) is 2.20. The number of nitrogens with one attached hydrogen (secondary N) is 1. The Hall–Kier alpha value is -2.64. The topological polar surface area (TPSA) is 81.9 Å². The number of rotatable bonds is 6. The molecular formula is C17H15Cl2N5O2. The maximum Gasteiger partial charge on any atom is 0.255 e. The van der Waals surface area contributed by atoms with Crippen LogP contribution in [0.15, 0.2) is 42.5 Å². The van der Waals surface area contributed by atoms with Crippen LogP contribution < -0.4 is 10.1 Å². The molecule has 0 fully saturated rings. The molecule has 26 heavy (non-hydrogen) atoms. The molecule has 0 bridgehead atoms. The molecule has 0 saturated heterocycles. The number of ether oxygens (including phenoxy) is 1. The summed E-state index contributed by atoms with van der Waals surface area (Å²) in [5, 5.41) is 14.9. The summed E-state index contributed by atoms with van der Waals surface area (Å²) < 4.78 is 7.30. The van der Waals surface area contributed by atoms with E-state index in [2.05, 4.69) is 20.8 Å².